The van der Waals surface area contributed by atoms with E-state index in [1.165, 1.54) is 26.4 Å². The zero-order valence-electron chi connectivity index (χ0n) is 10.2. The third-order valence-electron chi connectivity index (χ3n) is 3.35. The normalized spacial score (nSPS) is 17.1. The molecule has 96 valence electrons. The van der Waals surface area contributed by atoms with Crippen LogP contribution in [0.2, 0.25) is 0 Å². The van der Waals surface area contributed by atoms with Gasteiger partial charge in [0, 0.05) is 0 Å². The Hall–Kier alpha value is -1.66. The number of anilines is 2. The predicted octanol–water partition coefficient (Wildman–Crippen LogP) is 1.56. The molecule has 1 aromatic rings. The van der Waals surface area contributed by atoms with Crippen LogP contribution in [0.3, 0.4) is 0 Å². The van der Waals surface area contributed by atoms with E-state index in [1.54, 1.807) is 11.1 Å². The van der Waals surface area contributed by atoms with E-state index in [0.29, 0.717) is 24.0 Å². The quantitative estimate of drug-likeness (QED) is 0.485. The number of hydrogen-bond donors (Lipinski definition) is 1. The Morgan fingerprint density at radius 2 is 2.39 bits per heavy atom. The number of nitrogens with one attached hydrogen (secondary N) is 1. The fraction of sp³-hybridized carbons (Fsp3) is 0.500. The van der Waals surface area contributed by atoms with Crippen LogP contribution in [0.4, 0.5) is 11.5 Å². The number of carbonyl (C=O) groups is 1. The third-order valence-corrected chi connectivity index (χ3v) is 3.35. The first-order valence-electron chi connectivity index (χ1n) is 6.06. The minimum absolute atomic E-state index is 0.305. The fourth-order valence-corrected chi connectivity index (χ4v) is 1.92. The van der Waals surface area contributed by atoms with Gasteiger partial charge in [-0.1, -0.05) is 6.42 Å². The number of methoxy groups -OCH3 is 1. The summed E-state index contributed by atoms with van der Waals surface area (Å²) < 4.78 is 4.61. The van der Waals surface area contributed by atoms with Crippen molar-refractivity contribution in [1.82, 2.24) is 10.6 Å². The Morgan fingerprint density at radius 1 is 1.56 bits per heavy atom. The number of aromatic nitrogens is 1. The molecule has 6 heteroatoms. The highest BCUT2D eigenvalue weighted by molar-refractivity contribution is 5.94. The second-order valence-corrected chi connectivity index (χ2v) is 4.57. The summed E-state index contributed by atoms with van der Waals surface area (Å²) in [6.07, 6.45) is 3.81. The standard InChI is InChI=1S/C12H15N3O3/c1-17-12(16)9-5-6-10-11(13-9)15(10)14-18-7-8-3-2-4-8/h5-6,8,14H,2-4,7H2,1H3. The van der Waals surface area contributed by atoms with Crippen LogP contribution in [0.1, 0.15) is 29.8 Å². The van der Waals surface area contributed by atoms with Crippen molar-refractivity contribution in [3.8, 4) is 0 Å². The number of hydrogen-bond acceptors (Lipinski definition) is 6. The molecule has 1 aromatic heterocycles. The average Bonchev–Trinajstić information content (AvgIpc) is 3.04. The zero-order valence-corrected chi connectivity index (χ0v) is 10.2. The monoisotopic (exact) mass is 249 g/mol. The predicted molar refractivity (Wildman–Crippen MR) is 64.1 cm³/mol. The van der Waals surface area contributed by atoms with Gasteiger partial charge in [-0.25, -0.2) is 14.8 Å². The van der Waals surface area contributed by atoms with E-state index in [0.717, 1.165) is 5.69 Å². The molecule has 0 bridgehead atoms. The first kappa shape index (κ1) is 11.4. The maximum absolute atomic E-state index is 11.3. The van der Waals surface area contributed by atoms with E-state index in [4.69, 9.17) is 4.84 Å². The molecule has 6 nitrogen and oxygen atoms in total. The van der Waals surface area contributed by atoms with Crippen molar-refractivity contribution >= 4 is 17.5 Å². The number of esters is 1. The Balaban J connectivity index is 1.52. The van der Waals surface area contributed by atoms with Gasteiger partial charge in [-0.2, -0.15) is 0 Å². The highest BCUT2D eigenvalue weighted by Crippen LogP contribution is 2.43. The van der Waals surface area contributed by atoms with E-state index >= 15 is 0 Å². The van der Waals surface area contributed by atoms with Crippen molar-refractivity contribution < 1.29 is 14.4 Å². The minimum atomic E-state index is -0.431. The summed E-state index contributed by atoms with van der Waals surface area (Å²) in [7, 11) is 1.34. The van der Waals surface area contributed by atoms with Crippen molar-refractivity contribution in [2.75, 3.05) is 18.7 Å². The van der Waals surface area contributed by atoms with Gasteiger partial charge in [-0.3, -0.25) is 4.84 Å². The van der Waals surface area contributed by atoms with Gasteiger partial charge in [0.2, 0.25) is 0 Å². The molecule has 0 unspecified atom stereocenters. The lowest BCUT2D eigenvalue weighted by molar-refractivity contribution is 0.00297. The van der Waals surface area contributed by atoms with Crippen LogP contribution >= 0.6 is 0 Å². The number of hydrazine groups is 1. The average molecular weight is 249 g/mol. The molecule has 2 heterocycles. The van der Waals surface area contributed by atoms with Crippen LogP contribution < -0.4 is 10.6 Å². The van der Waals surface area contributed by atoms with Gasteiger partial charge in [0.15, 0.2) is 11.5 Å². The molecule has 0 atom stereocenters. The summed E-state index contributed by atoms with van der Waals surface area (Å²) in [4.78, 5) is 20.8. The van der Waals surface area contributed by atoms with Gasteiger partial charge >= 0.3 is 5.97 Å². The lowest BCUT2D eigenvalue weighted by atomic mass is 9.86. The van der Waals surface area contributed by atoms with Crippen molar-refractivity contribution in [2.24, 2.45) is 5.92 Å². The van der Waals surface area contributed by atoms with Crippen LogP contribution in [0, 0.1) is 5.92 Å². The van der Waals surface area contributed by atoms with Gasteiger partial charge in [-0.15, -0.1) is 5.59 Å². The SMILES string of the molecule is COC(=O)c1ccc2c(n1)N2NOCC1CCC1. The smallest absolute Gasteiger partial charge is 0.356 e. The molecular weight excluding hydrogens is 234 g/mol. The van der Waals surface area contributed by atoms with Crippen LogP contribution in [-0.2, 0) is 9.57 Å². The Kier molecular flexibility index (Phi) is 2.89. The summed E-state index contributed by atoms with van der Waals surface area (Å²) in [6, 6.07) is 3.45. The van der Waals surface area contributed by atoms with Gasteiger partial charge in [0.05, 0.1) is 13.7 Å². The molecule has 18 heavy (non-hydrogen) atoms. The molecule has 2 aliphatic rings. The Labute approximate surface area is 105 Å². The summed E-state index contributed by atoms with van der Waals surface area (Å²) in [5, 5.41) is 1.71. The van der Waals surface area contributed by atoms with E-state index < -0.39 is 5.97 Å². The molecule has 0 aromatic carbocycles. The molecule has 1 fully saturated rings. The summed E-state index contributed by atoms with van der Waals surface area (Å²) in [6.45, 7) is 0.717. The molecule has 0 saturated heterocycles. The molecule has 1 saturated carbocycles. The first-order chi connectivity index (χ1) is 8.79. The van der Waals surface area contributed by atoms with E-state index in [1.807, 2.05) is 6.07 Å². The van der Waals surface area contributed by atoms with Crippen molar-refractivity contribution in [3.63, 3.8) is 0 Å². The van der Waals surface area contributed by atoms with E-state index in [2.05, 4.69) is 15.3 Å². The Bertz CT molecular complexity index is 474. The van der Waals surface area contributed by atoms with Crippen LogP contribution in [0.25, 0.3) is 0 Å². The lowest BCUT2D eigenvalue weighted by Crippen LogP contribution is -2.28. The van der Waals surface area contributed by atoms with Crippen molar-refractivity contribution in [1.29, 1.82) is 0 Å². The first-order valence-corrected chi connectivity index (χ1v) is 6.06. The highest BCUT2D eigenvalue weighted by atomic mass is 16.7. The van der Waals surface area contributed by atoms with Crippen LogP contribution in [-0.4, -0.2) is 24.7 Å². The molecule has 0 amide bonds. The molecule has 1 aliphatic heterocycles. The highest BCUT2D eigenvalue weighted by Gasteiger charge is 2.33. The molecule has 0 radical (unpaired) electrons. The zero-order chi connectivity index (χ0) is 12.5. The summed E-state index contributed by atoms with van der Waals surface area (Å²) in [5.74, 6) is 0.964. The van der Waals surface area contributed by atoms with Gasteiger partial charge in [-0.05, 0) is 30.9 Å². The van der Waals surface area contributed by atoms with Gasteiger partial charge < -0.3 is 4.74 Å². The van der Waals surface area contributed by atoms with Gasteiger partial charge in [0.25, 0.3) is 0 Å². The Morgan fingerprint density at radius 3 is 3.06 bits per heavy atom. The second-order valence-electron chi connectivity index (χ2n) is 4.57. The maximum atomic E-state index is 11.3. The number of fused-ring (bicyclic) bond motifs is 1. The summed E-state index contributed by atoms with van der Waals surface area (Å²) in [5.41, 5.74) is 4.06. The molecule has 1 N–H and O–H groups in total. The molecule has 0 spiro atoms. The lowest BCUT2D eigenvalue weighted by Gasteiger charge is -2.24. The number of rotatable bonds is 5. The number of carbonyl (C=O) groups excluding carboxylic acids is 1. The topological polar surface area (TPSA) is 63.5 Å². The number of ether oxygens (including phenoxy) is 1. The fourth-order valence-electron chi connectivity index (χ4n) is 1.92. The van der Waals surface area contributed by atoms with Crippen molar-refractivity contribution in [2.45, 2.75) is 19.3 Å². The third kappa shape index (κ3) is 2.04. The minimum Gasteiger partial charge on any atom is -0.464 e. The maximum Gasteiger partial charge on any atom is 0.356 e. The number of nitrogens with zero attached hydrogens (tertiary/aromatic N) is 2. The summed E-state index contributed by atoms with van der Waals surface area (Å²) >= 11 is 0. The van der Waals surface area contributed by atoms with Crippen LogP contribution in [0.15, 0.2) is 12.1 Å². The van der Waals surface area contributed by atoms with Crippen molar-refractivity contribution in [3.05, 3.63) is 17.8 Å². The van der Waals surface area contributed by atoms with E-state index in [9.17, 15) is 4.79 Å². The van der Waals surface area contributed by atoms with Crippen LogP contribution in [0.5, 0.6) is 0 Å². The largest absolute Gasteiger partial charge is 0.464 e. The molecule has 3 rings (SSSR count). The number of pyridine rings is 1. The molecular formula is C12H15N3O3. The second kappa shape index (κ2) is 4.55. The molecule has 1 aliphatic carbocycles. The van der Waals surface area contributed by atoms with Gasteiger partial charge in [0.1, 0.15) is 5.69 Å². The van der Waals surface area contributed by atoms with E-state index in [-0.39, 0.29) is 0 Å².